The Morgan fingerprint density at radius 3 is 2.60 bits per heavy atom. The summed E-state index contributed by atoms with van der Waals surface area (Å²) in [6.07, 6.45) is 3.37. The fourth-order valence-electron chi connectivity index (χ4n) is 2.77. The lowest BCUT2D eigenvalue weighted by molar-refractivity contribution is 0.563. The van der Waals surface area contributed by atoms with Crippen molar-refractivity contribution in [2.24, 2.45) is 0 Å². The van der Waals surface area contributed by atoms with Crippen LogP contribution in [0.1, 0.15) is 53.4 Å². The molecule has 0 amide bonds. The summed E-state index contributed by atoms with van der Waals surface area (Å²) in [7, 11) is 0. The van der Waals surface area contributed by atoms with Gasteiger partial charge < -0.3 is 5.32 Å². The molecule has 1 aliphatic carbocycles. The molecule has 2 aromatic rings. The monoisotopic (exact) mass is 287 g/mol. The molecular formula is C16H21N3S. The van der Waals surface area contributed by atoms with Gasteiger partial charge in [-0.3, -0.25) is 0 Å². The fraction of sp³-hybridized carbons (Fsp3) is 0.500. The second-order valence-electron chi connectivity index (χ2n) is 5.53. The van der Waals surface area contributed by atoms with Gasteiger partial charge in [0.2, 0.25) is 0 Å². The quantitative estimate of drug-likeness (QED) is 0.915. The Kier molecular flexibility index (Phi) is 4.13. The van der Waals surface area contributed by atoms with Gasteiger partial charge in [0.25, 0.3) is 0 Å². The van der Waals surface area contributed by atoms with E-state index < -0.39 is 0 Å². The van der Waals surface area contributed by atoms with Crippen LogP contribution in [0.4, 0.5) is 0 Å². The first-order valence-corrected chi connectivity index (χ1v) is 8.23. The second kappa shape index (κ2) is 6.02. The van der Waals surface area contributed by atoms with Gasteiger partial charge in [-0.15, -0.1) is 10.2 Å². The molecule has 0 radical (unpaired) electrons. The van der Waals surface area contributed by atoms with Crippen molar-refractivity contribution in [3.63, 3.8) is 0 Å². The van der Waals surface area contributed by atoms with Gasteiger partial charge in [0.05, 0.1) is 6.04 Å². The Hall–Kier alpha value is -1.26. The predicted octanol–water partition coefficient (Wildman–Crippen LogP) is 3.48. The summed E-state index contributed by atoms with van der Waals surface area (Å²) in [5.41, 5.74) is 2.96. The Morgan fingerprint density at radius 2 is 1.95 bits per heavy atom. The van der Waals surface area contributed by atoms with Crippen molar-refractivity contribution >= 4 is 11.3 Å². The highest BCUT2D eigenvalue weighted by molar-refractivity contribution is 7.11. The third-order valence-electron chi connectivity index (χ3n) is 3.93. The largest absolute Gasteiger partial charge is 0.308 e. The lowest BCUT2D eigenvalue weighted by Crippen LogP contribution is -2.19. The molecule has 1 unspecified atom stereocenters. The second-order valence-corrected chi connectivity index (χ2v) is 6.57. The zero-order chi connectivity index (χ0) is 13.9. The zero-order valence-electron chi connectivity index (χ0n) is 12.1. The van der Waals surface area contributed by atoms with Crippen LogP contribution in [0.5, 0.6) is 0 Å². The van der Waals surface area contributed by atoms with E-state index in [1.807, 2.05) is 0 Å². The molecule has 1 N–H and O–H groups in total. The summed E-state index contributed by atoms with van der Waals surface area (Å²) in [6.45, 7) is 5.38. The number of nitrogens with zero attached hydrogens (tertiary/aromatic N) is 2. The lowest BCUT2D eigenvalue weighted by Gasteiger charge is -2.08. The molecule has 0 aliphatic heterocycles. The van der Waals surface area contributed by atoms with E-state index in [0.717, 1.165) is 30.8 Å². The topological polar surface area (TPSA) is 37.8 Å². The molecule has 1 aromatic carbocycles. The molecule has 20 heavy (non-hydrogen) atoms. The summed E-state index contributed by atoms with van der Waals surface area (Å²) in [4.78, 5) is 0. The first-order valence-electron chi connectivity index (χ1n) is 7.41. The number of hydrogen-bond donors (Lipinski definition) is 1. The number of benzene rings is 1. The van der Waals surface area contributed by atoms with Crippen LogP contribution in [0.15, 0.2) is 24.3 Å². The van der Waals surface area contributed by atoms with E-state index in [1.54, 1.807) is 11.3 Å². The molecule has 0 saturated carbocycles. The minimum atomic E-state index is 0.310. The van der Waals surface area contributed by atoms with Crippen LogP contribution >= 0.6 is 11.3 Å². The van der Waals surface area contributed by atoms with E-state index in [4.69, 9.17) is 0 Å². The molecule has 1 aliphatic rings. The molecule has 3 nitrogen and oxygen atoms in total. The van der Waals surface area contributed by atoms with Crippen molar-refractivity contribution in [1.29, 1.82) is 0 Å². The molecular weight excluding hydrogens is 266 g/mol. The van der Waals surface area contributed by atoms with E-state index in [9.17, 15) is 0 Å². The first kappa shape index (κ1) is 13.7. The maximum absolute atomic E-state index is 4.44. The fourth-order valence-corrected chi connectivity index (χ4v) is 3.74. The third kappa shape index (κ3) is 2.76. The van der Waals surface area contributed by atoms with Gasteiger partial charge in [-0.25, -0.2) is 0 Å². The molecule has 0 spiro atoms. The molecule has 3 rings (SSSR count). The van der Waals surface area contributed by atoms with Crippen molar-refractivity contribution in [3.8, 4) is 0 Å². The molecule has 1 atom stereocenters. The Labute approximate surface area is 124 Å². The van der Waals surface area contributed by atoms with Gasteiger partial charge in [0.1, 0.15) is 10.0 Å². The standard InChI is InChI=1S/C16H21N3S/c1-3-8-17-11(2)15-18-19-16(20-15)14-9-12-6-4-5-7-13(12)10-14/h4-7,11,14,17H,3,8-10H2,1-2H3. The van der Waals surface area contributed by atoms with Crippen LogP contribution < -0.4 is 5.32 Å². The van der Waals surface area contributed by atoms with E-state index in [-0.39, 0.29) is 0 Å². The van der Waals surface area contributed by atoms with Crippen LogP contribution in [0.25, 0.3) is 0 Å². The molecule has 106 valence electrons. The van der Waals surface area contributed by atoms with Crippen molar-refractivity contribution in [2.45, 2.75) is 45.1 Å². The third-order valence-corrected chi connectivity index (χ3v) is 5.20. The van der Waals surface area contributed by atoms with Crippen molar-refractivity contribution in [3.05, 3.63) is 45.4 Å². The Bertz CT molecular complexity index is 554. The smallest absolute Gasteiger partial charge is 0.134 e. The average Bonchev–Trinajstić information content (AvgIpc) is 3.10. The predicted molar refractivity (Wildman–Crippen MR) is 83.2 cm³/mol. The minimum absolute atomic E-state index is 0.310. The number of nitrogens with one attached hydrogen (secondary N) is 1. The van der Waals surface area contributed by atoms with E-state index in [2.05, 4.69) is 53.6 Å². The highest BCUT2D eigenvalue weighted by Crippen LogP contribution is 2.35. The SMILES string of the molecule is CCCNC(C)c1nnc(C2Cc3ccccc3C2)s1. The van der Waals surface area contributed by atoms with Crippen molar-refractivity contribution in [2.75, 3.05) is 6.54 Å². The van der Waals surface area contributed by atoms with Crippen LogP contribution in [0.2, 0.25) is 0 Å². The molecule has 4 heteroatoms. The summed E-state index contributed by atoms with van der Waals surface area (Å²) in [5, 5.41) is 14.6. The molecule has 0 bridgehead atoms. The Balaban J connectivity index is 1.69. The van der Waals surface area contributed by atoms with Gasteiger partial charge in [0, 0.05) is 5.92 Å². The van der Waals surface area contributed by atoms with Gasteiger partial charge in [0.15, 0.2) is 0 Å². The molecule has 1 aromatic heterocycles. The van der Waals surface area contributed by atoms with E-state index >= 15 is 0 Å². The maximum Gasteiger partial charge on any atom is 0.134 e. The highest BCUT2D eigenvalue weighted by atomic mass is 32.1. The normalized spacial score (nSPS) is 16.3. The van der Waals surface area contributed by atoms with Crippen molar-refractivity contribution in [1.82, 2.24) is 15.5 Å². The molecule has 0 saturated heterocycles. The van der Waals surface area contributed by atoms with Crippen LogP contribution in [-0.2, 0) is 12.8 Å². The highest BCUT2D eigenvalue weighted by Gasteiger charge is 2.26. The van der Waals surface area contributed by atoms with E-state index in [0.29, 0.717) is 12.0 Å². The summed E-state index contributed by atoms with van der Waals surface area (Å²) < 4.78 is 0. The number of aromatic nitrogens is 2. The summed E-state index contributed by atoms with van der Waals surface area (Å²) in [6, 6.07) is 9.04. The zero-order valence-corrected chi connectivity index (χ0v) is 12.9. The first-order chi connectivity index (χ1) is 9.78. The van der Waals surface area contributed by atoms with E-state index in [1.165, 1.54) is 16.1 Å². The van der Waals surface area contributed by atoms with Gasteiger partial charge in [-0.05, 0) is 43.9 Å². The summed E-state index contributed by atoms with van der Waals surface area (Å²) >= 11 is 1.77. The minimum Gasteiger partial charge on any atom is -0.308 e. The van der Waals surface area contributed by atoms with Crippen molar-refractivity contribution < 1.29 is 0 Å². The van der Waals surface area contributed by atoms with Crippen LogP contribution in [-0.4, -0.2) is 16.7 Å². The van der Waals surface area contributed by atoms with Crippen LogP contribution in [0, 0.1) is 0 Å². The number of fused-ring (bicyclic) bond motifs is 1. The average molecular weight is 287 g/mol. The van der Waals surface area contributed by atoms with Gasteiger partial charge in [-0.1, -0.05) is 42.5 Å². The molecule has 0 fully saturated rings. The molecule has 1 heterocycles. The Morgan fingerprint density at radius 1 is 1.25 bits per heavy atom. The lowest BCUT2D eigenvalue weighted by atomic mass is 10.1. The maximum atomic E-state index is 4.44. The summed E-state index contributed by atoms with van der Waals surface area (Å²) in [5.74, 6) is 0.525. The van der Waals surface area contributed by atoms with Gasteiger partial charge in [-0.2, -0.15) is 0 Å². The van der Waals surface area contributed by atoms with Crippen LogP contribution in [0.3, 0.4) is 0 Å². The number of rotatable bonds is 5. The number of hydrogen-bond acceptors (Lipinski definition) is 4. The van der Waals surface area contributed by atoms with Gasteiger partial charge >= 0.3 is 0 Å².